The third kappa shape index (κ3) is 3.62. The van der Waals surface area contributed by atoms with Crippen LogP contribution in [0.2, 0.25) is 0 Å². The lowest BCUT2D eigenvalue weighted by Crippen LogP contribution is -2.44. The molecule has 0 bridgehead atoms. The van der Waals surface area contributed by atoms with Gasteiger partial charge >= 0.3 is 0 Å². The van der Waals surface area contributed by atoms with Crippen molar-refractivity contribution in [2.75, 3.05) is 19.0 Å². The Morgan fingerprint density at radius 1 is 1.04 bits per heavy atom. The standard InChI is InChI=1S/C23H25N3OS/c1-16-13-17(2)15-19(14-16)24-23(28)26-12-11-25-10-4-5-21(25)22(26)18-6-8-20(27-3)9-7-18/h4-10,13-15,22H,11-12H2,1-3H3,(H,24,28)/t22-/m1/s1. The molecule has 28 heavy (non-hydrogen) atoms. The van der Waals surface area contributed by atoms with Gasteiger partial charge in [-0.25, -0.2) is 0 Å². The van der Waals surface area contributed by atoms with E-state index in [1.54, 1.807) is 7.11 Å². The Morgan fingerprint density at radius 3 is 2.43 bits per heavy atom. The van der Waals surface area contributed by atoms with Crippen LogP contribution in [0.5, 0.6) is 5.75 Å². The van der Waals surface area contributed by atoms with E-state index < -0.39 is 0 Å². The van der Waals surface area contributed by atoms with Crippen molar-refractivity contribution in [2.45, 2.75) is 26.4 Å². The summed E-state index contributed by atoms with van der Waals surface area (Å²) in [5, 5.41) is 4.21. The molecule has 4 rings (SSSR count). The number of rotatable bonds is 3. The molecule has 0 saturated carbocycles. The maximum Gasteiger partial charge on any atom is 0.174 e. The summed E-state index contributed by atoms with van der Waals surface area (Å²) < 4.78 is 7.64. The number of aromatic nitrogens is 1. The Morgan fingerprint density at radius 2 is 1.75 bits per heavy atom. The van der Waals surface area contributed by atoms with E-state index in [2.05, 4.69) is 77.3 Å². The van der Waals surface area contributed by atoms with Gasteiger partial charge in [0.25, 0.3) is 0 Å². The van der Waals surface area contributed by atoms with Gasteiger partial charge in [0.1, 0.15) is 5.75 Å². The summed E-state index contributed by atoms with van der Waals surface area (Å²) in [6, 6.07) is 19.1. The molecule has 2 heterocycles. The van der Waals surface area contributed by atoms with Gasteiger partial charge in [0.05, 0.1) is 13.2 Å². The normalized spacial score (nSPS) is 15.8. The summed E-state index contributed by atoms with van der Waals surface area (Å²) in [5.41, 5.74) is 5.94. The average molecular weight is 392 g/mol. The molecule has 0 amide bonds. The highest BCUT2D eigenvalue weighted by molar-refractivity contribution is 7.80. The van der Waals surface area contributed by atoms with Gasteiger partial charge in [0.15, 0.2) is 5.11 Å². The smallest absolute Gasteiger partial charge is 0.174 e. The Kier molecular flexibility index (Phi) is 5.09. The van der Waals surface area contributed by atoms with E-state index in [4.69, 9.17) is 17.0 Å². The van der Waals surface area contributed by atoms with Gasteiger partial charge in [-0.05, 0) is 79.2 Å². The number of anilines is 1. The van der Waals surface area contributed by atoms with E-state index in [9.17, 15) is 0 Å². The van der Waals surface area contributed by atoms with E-state index in [0.29, 0.717) is 0 Å². The summed E-state index contributed by atoms with van der Waals surface area (Å²) in [7, 11) is 1.69. The average Bonchev–Trinajstić information content (AvgIpc) is 3.15. The number of ether oxygens (including phenoxy) is 1. The highest BCUT2D eigenvalue weighted by Gasteiger charge is 2.30. The molecule has 0 aliphatic carbocycles. The summed E-state index contributed by atoms with van der Waals surface area (Å²) in [4.78, 5) is 2.28. The Bertz CT molecular complexity index is 973. The van der Waals surface area contributed by atoms with Crippen LogP contribution >= 0.6 is 12.2 Å². The Hall–Kier alpha value is -2.79. The number of benzene rings is 2. The van der Waals surface area contributed by atoms with E-state index in [-0.39, 0.29) is 6.04 Å². The fourth-order valence-corrected chi connectivity index (χ4v) is 4.30. The molecule has 1 aliphatic rings. The van der Waals surface area contributed by atoms with Crippen LogP contribution in [0.4, 0.5) is 5.69 Å². The van der Waals surface area contributed by atoms with Gasteiger partial charge in [-0.15, -0.1) is 0 Å². The van der Waals surface area contributed by atoms with E-state index in [1.165, 1.54) is 22.4 Å². The first-order valence-electron chi connectivity index (χ1n) is 9.50. The fraction of sp³-hybridized carbons (Fsp3) is 0.261. The van der Waals surface area contributed by atoms with Crippen molar-refractivity contribution in [3.63, 3.8) is 0 Å². The van der Waals surface area contributed by atoms with Gasteiger partial charge in [0, 0.05) is 30.7 Å². The number of fused-ring (bicyclic) bond motifs is 1. The summed E-state index contributed by atoms with van der Waals surface area (Å²) in [6.45, 7) is 5.99. The minimum Gasteiger partial charge on any atom is -0.497 e. The molecule has 4 nitrogen and oxygen atoms in total. The number of nitrogens with one attached hydrogen (secondary N) is 1. The molecule has 1 N–H and O–H groups in total. The van der Waals surface area contributed by atoms with Gasteiger partial charge < -0.3 is 19.5 Å². The first kappa shape index (κ1) is 18.6. The second-order valence-electron chi connectivity index (χ2n) is 7.30. The first-order chi connectivity index (χ1) is 13.5. The quantitative estimate of drug-likeness (QED) is 0.642. The van der Waals surface area contributed by atoms with Crippen LogP contribution < -0.4 is 10.1 Å². The van der Waals surface area contributed by atoms with Gasteiger partial charge in [-0.2, -0.15) is 0 Å². The zero-order valence-corrected chi connectivity index (χ0v) is 17.3. The van der Waals surface area contributed by atoms with Crippen molar-refractivity contribution >= 4 is 23.0 Å². The minimum atomic E-state index is 0.0700. The molecule has 0 radical (unpaired) electrons. The Labute approximate surface area is 171 Å². The summed E-state index contributed by atoms with van der Waals surface area (Å²) in [5.74, 6) is 0.859. The number of nitrogens with zero attached hydrogens (tertiary/aromatic N) is 2. The zero-order chi connectivity index (χ0) is 19.7. The van der Waals surface area contributed by atoms with Crippen molar-refractivity contribution in [2.24, 2.45) is 0 Å². The molecule has 5 heteroatoms. The number of methoxy groups -OCH3 is 1. The molecular weight excluding hydrogens is 366 g/mol. The molecule has 1 aliphatic heterocycles. The molecule has 144 valence electrons. The lowest BCUT2D eigenvalue weighted by molar-refractivity contribution is 0.293. The molecule has 1 aromatic heterocycles. The SMILES string of the molecule is COc1ccc([C@@H]2c3cccn3CCN2C(=S)Nc2cc(C)cc(C)c2)cc1. The van der Waals surface area contributed by atoms with Crippen LogP contribution in [0.3, 0.4) is 0 Å². The third-order valence-corrected chi connectivity index (χ3v) is 5.54. The third-order valence-electron chi connectivity index (χ3n) is 5.20. The van der Waals surface area contributed by atoms with Crippen molar-refractivity contribution in [1.29, 1.82) is 0 Å². The number of hydrogen-bond acceptors (Lipinski definition) is 2. The van der Waals surface area contributed by atoms with Crippen LogP contribution in [0.15, 0.2) is 60.8 Å². The number of aryl methyl sites for hydroxylation is 2. The molecule has 2 aromatic carbocycles. The maximum absolute atomic E-state index is 5.85. The highest BCUT2D eigenvalue weighted by atomic mass is 32.1. The van der Waals surface area contributed by atoms with Crippen LogP contribution in [0, 0.1) is 13.8 Å². The van der Waals surface area contributed by atoms with Crippen LogP contribution in [0.1, 0.15) is 28.4 Å². The van der Waals surface area contributed by atoms with E-state index >= 15 is 0 Å². The highest BCUT2D eigenvalue weighted by Crippen LogP contribution is 2.33. The number of thiocarbonyl (C=S) groups is 1. The van der Waals surface area contributed by atoms with Crippen LogP contribution in [-0.4, -0.2) is 28.2 Å². The first-order valence-corrected chi connectivity index (χ1v) is 9.91. The zero-order valence-electron chi connectivity index (χ0n) is 16.5. The van der Waals surface area contributed by atoms with Crippen molar-refractivity contribution < 1.29 is 4.74 Å². The summed E-state index contributed by atoms with van der Waals surface area (Å²) in [6.07, 6.45) is 2.14. The molecule has 1 atom stereocenters. The van der Waals surface area contributed by atoms with Crippen molar-refractivity contribution in [3.8, 4) is 5.75 Å². The van der Waals surface area contributed by atoms with E-state index in [1.807, 2.05) is 12.1 Å². The molecule has 0 spiro atoms. The number of hydrogen-bond donors (Lipinski definition) is 1. The molecule has 3 aromatic rings. The second kappa shape index (κ2) is 7.68. The van der Waals surface area contributed by atoms with Gasteiger partial charge in [0.2, 0.25) is 0 Å². The van der Waals surface area contributed by atoms with Crippen molar-refractivity contribution in [3.05, 3.63) is 83.2 Å². The predicted octanol–water partition coefficient (Wildman–Crippen LogP) is 4.92. The van der Waals surface area contributed by atoms with Gasteiger partial charge in [-0.3, -0.25) is 0 Å². The minimum absolute atomic E-state index is 0.0700. The van der Waals surface area contributed by atoms with Crippen LogP contribution in [-0.2, 0) is 6.54 Å². The lowest BCUT2D eigenvalue weighted by atomic mass is 10.00. The van der Waals surface area contributed by atoms with Crippen LogP contribution in [0.25, 0.3) is 0 Å². The lowest BCUT2D eigenvalue weighted by Gasteiger charge is -2.39. The second-order valence-corrected chi connectivity index (χ2v) is 7.69. The molecular formula is C23H25N3OS. The maximum atomic E-state index is 5.85. The molecule has 0 saturated heterocycles. The fourth-order valence-electron chi connectivity index (χ4n) is 3.98. The van der Waals surface area contributed by atoms with Crippen molar-refractivity contribution in [1.82, 2.24) is 9.47 Å². The monoisotopic (exact) mass is 391 g/mol. The topological polar surface area (TPSA) is 29.4 Å². The Balaban J connectivity index is 1.66. The summed E-state index contributed by atoms with van der Waals surface area (Å²) >= 11 is 5.85. The molecule has 0 fully saturated rings. The van der Waals surface area contributed by atoms with E-state index in [0.717, 1.165) is 29.6 Å². The molecule has 0 unspecified atom stereocenters. The van der Waals surface area contributed by atoms with Gasteiger partial charge in [-0.1, -0.05) is 18.2 Å². The largest absolute Gasteiger partial charge is 0.497 e. The predicted molar refractivity (Wildman–Crippen MR) is 118 cm³/mol.